The molecular formula is C15H30N2O. The van der Waals surface area contributed by atoms with Gasteiger partial charge in [-0.3, -0.25) is 4.79 Å². The van der Waals surface area contributed by atoms with Gasteiger partial charge in [0.15, 0.2) is 0 Å². The van der Waals surface area contributed by atoms with Crippen molar-refractivity contribution >= 4 is 5.91 Å². The molecule has 1 fully saturated rings. The number of amides is 1. The molecule has 0 aromatic heterocycles. The summed E-state index contributed by atoms with van der Waals surface area (Å²) in [4.78, 5) is 12.3. The van der Waals surface area contributed by atoms with Gasteiger partial charge in [-0.05, 0) is 30.6 Å². The van der Waals surface area contributed by atoms with Crippen molar-refractivity contribution < 1.29 is 4.79 Å². The van der Waals surface area contributed by atoms with Crippen LogP contribution in [0.1, 0.15) is 59.8 Å². The van der Waals surface area contributed by atoms with Crippen LogP contribution in [0.15, 0.2) is 0 Å². The van der Waals surface area contributed by atoms with Gasteiger partial charge >= 0.3 is 0 Å². The van der Waals surface area contributed by atoms with Gasteiger partial charge in [0.05, 0.1) is 5.92 Å². The van der Waals surface area contributed by atoms with E-state index in [1.54, 1.807) is 0 Å². The number of hydrogen-bond donors (Lipinski definition) is 2. The van der Waals surface area contributed by atoms with Crippen LogP contribution in [-0.2, 0) is 4.79 Å². The molecule has 1 saturated carbocycles. The summed E-state index contributed by atoms with van der Waals surface area (Å²) in [5, 5.41) is 3.22. The van der Waals surface area contributed by atoms with Gasteiger partial charge in [0.2, 0.25) is 5.91 Å². The summed E-state index contributed by atoms with van der Waals surface area (Å²) in [5.41, 5.74) is 5.91. The van der Waals surface area contributed by atoms with E-state index in [1.165, 1.54) is 19.3 Å². The van der Waals surface area contributed by atoms with E-state index in [2.05, 4.69) is 33.0 Å². The van der Waals surface area contributed by atoms with E-state index in [0.717, 1.165) is 12.8 Å². The molecule has 1 aliphatic carbocycles. The van der Waals surface area contributed by atoms with Crippen LogP contribution in [0.25, 0.3) is 0 Å². The highest BCUT2D eigenvalue weighted by Crippen LogP contribution is 2.26. The van der Waals surface area contributed by atoms with E-state index in [4.69, 9.17) is 5.73 Å². The van der Waals surface area contributed by atoms with Crippen LogP contribution in [0, 0.1) is 17.3 Å². The van der Waals surface area contributed by atoms with E-state index in [1.807, 2.05) is 0 Å². The molecule has 0 radical (unpaired) electrons. The fraction of sp³-hybridized carbons (Fsp3) is 0.933. The zero-order valence-corrected chi connectivity index (χ0v) is 12.5. The standard InChI is InChI=1S/C15H30N2O/c1-11-7-5-6-8-13(11)17-14(18)12(10-16)9-15(2,3)4/h11-13H,5-10,16H2,1-4H3,(H,17,18). The Morgan fingerprint density at radius 1 is 1.33 bits per heavy atom. The molecular weight excluding hydrogens is 224 g/mol. The molecule has 0 saturated heterocycles. The third kappa shape index (κ3) is 4.97. The second-order valence-corrected chi connectivity index (χ2v) is 7.07. The Bertz CT molecular complexity index is 270. The smallest absolute Gasteiger partial charge is 0.224 e. The molecule has 0 spiro atoms. The monoisotopic (exact) mass is 254 g/mol. The largest absolute Gasteiger partial charge is 0.353 e. The van der Waals surface area contributed by atoms with Crippen molar-refractivity contribution in [2.75, 3.05) is 6.54 Å². The number of nitrogens with one attached hydrogen (secondary N) is 1. The highest BCUT2D eigenvalue weighted by Gasteiger charge is 2.28. The van der Waals surface area contributed by atoms with Gasteiger partial charge in [-0.2, -0.15) is 0 Å². The fourth-order valence-electron chi connectivity index (χ4n) is 2.85. The normalized spacial score (nSPS) is 26.7. The predicted molar refractivity (Wildman–Crippen MR) is 76.2 cm³/mol. The SMILES string of the molecule is CC1CCCCC1NC(=O)C(CN)CC(C)(C)C. The summed E-state index contributed by atoms with van der Waals surface area (Å²) in [6, 6.07) is 0.361. The molecule has 0 aliphatic heterocycles. The molecule has 3 N–H and O–H groups in total. The van der Waals surface area contributed by atoms with Crippen molar-refractivity contribution in [1.82, 2.24) is 5.32 Å². The molecule has 106 valence electrons. The van der Waals surface area contributed by atoms with Crippen molar-refractivity contribution in [1.29, 1.82) is 0 Å². The van der Waals surface area contributed by atoms with Gasteiger partial charge in [-0.15, -0.1) is 0 Å². The minimum atomic E-state index is -0.0425. The van der Waals surface area contributed by atoms with Gasteiger partial charge < -0.3 is 11.1 Å². The van der Waals surface area contributed by atoms with Crippen molar-refractivity contribution in [2.45, 2.75) is 65.8 Å². The van der Waals surface area contributed by atoms with Crippen LogP contribution in [-0.4, -0.2) is 18.5 Å². The quantitative estimate of drug-likeness (QED) is 0.810. The Morgan fingerprint density at radius 3 is 2.44 bits per heavy atom. The van der Waals surface area contributed by atoms with Crippen LogP contribution in [0.2, 0.25) is 0 Å². The van der Waals surface area contributed by atoms with Gasteiger partial charge in [0.25, 0.3) is 0 Å². The minimum Gasteiger partial charge on any atom is -0.353 e. The lowest BCUT2D eigenvalue weighted by molar-refractivity contribution is -0.126. The number of carbonyl (C=O) groups is 1. The first-order chi connectivity index (χ1) is 8.33. The Labute approximate surface area is 112 Å². The Balaban J connectivity index is 2.51. The summed E-state index contributed by atoms with van der Waals surface area (Å²) < 4.78 is 0. The average molecular weight is 254 g/mol. The molecule has 3 unspecified atom stereocenters. The van der Waals surface area contributed by atoms with Crippen LogP contribution in [0.4, 0.5) is 0 Å². The first kappa shape index (κ1) is 15.5. The summed E-state index contributed by atoms with van der Waals surface area (Å²) in [6.07, 6.45) is 5.76. The Morgan fingerprint density at radius 2 is 1.94 bits per heavy atom. The third-order valence-electron chi connectivity index (χ3n) is 3.95. The lowest BCUT2D eigenvalue weighted by Gasteiger charge is -2.32. The number of rotatable bonds is 4. The second-order valence-electron chi connectivity index (χ2n) is 7.07. The summed E-state index contributed by atoms with van der Waals surface area (Å²) in [6.45, 7) is 9.17. The van der Waals surface area contributed by atoms with Crippen molar-refractivity contribution in [3.63, 3.8) is 0 Å². The predicted octanol–water partition coefficient (Wildman–Crippen LogP) is 2.69. The molecule has 0 bridgehead atoms. The maximum Gasteiger partial charge on any atom is 0.224 e. The first-order valence-electron chi connectivity index (χ1n) is 7.34. The molecule has 3 nitrogen and oxygen atoms in total. The molecule has 3 heteroatoms. The zero-order chi connectivity index (χ0) is 13.8. The molecule has 0 heterocycles. The van der Waals surface area contributed by atoms with E-state index in [0.29, 0.717) is 18.5 Å². The minimum absolute atomic E-state index is 0.0425. The zero-order valence-electron chi connectivity index (χ0n) is 12.5. The molecule has 0 aromatic carbocycles. The Kier molecular flexibility index (Phi) is 5.64. The van der Waals surface area contributed by atoms with Crippen molar-refractivity contribution in [2.24, 2.45) is 23.0 Å². The average Bonchev–Trinajstić information content (AvgIpc) is 2.27. The molecule has 18 heavy (non-hydrogen) atoms. The van der Waals surface area contributed by atoms with Crippen LogP contribution in [0.3, 0.4) is 0 Å². The lowest BCUT2D eigenvalue weighted by Crippen LogP contribution is -2.46. The van der Waals surface area contributed by atoms with E-state index in [-0.39, 0.29) is 17.2 Å². The number of carbonyl (C=O) groups excluding carboxylic acids is 1. The molecule has 1 aliphatic rings. The second kappa shape index (κ2) is 6.55. The molecule has 0 aromatic rings. The summed E-state index contributed by atoms with van der Waals surface area (Å²) >= 11 is 0. The highest BCUT2D eigenvalue weighted by atomic mass is 16.2. The fourth-order valence-corrected chi connectivity index (χ4v) is 2.85. The van der Waals surface area contributed by atoms with Crippen LogP contribution in [0.5, 0.6) is 0 Å². The highest BCUT2D eigenvalue weighted by molar-refractivity contribution is 5.79. The maximum atomic E-state index is 12.3. The van der Waals surface area contributed by atoms with Crippen LogP contribution >= 0.6 is 0 Å². The maximum absolute atomic E-state index is 12.3. The van der Waals surface area contributed by atoms with Gasteiger partial charge in [0.1, 0.15) is 0 Å². The lowest BCUT2D eigenvalue weighted by atomic mass is 9.82. The van der Waals surface area contributed by atoms with Crippen molar-refractivity contribution in [3.05, 3.63) is 0 Å². The topological polar surface area (TPSA) is 55.1 Å². The number of hydrogen-bond acceptors (Lipinski definition) is 2. The first-order valence-corrected chi connectivity index (χ1v) is 7.34. The molecule has 1 amide bonds. The molecule has 1 rings (SSSR count). The van der Waals surface area contributed by atoms with Crippen molar-refractivity contribution in [3.8, 4) is 0 Å². The van der Waals surface area contributed by atoms with Gasteiger partial charge in [0, 0.05) is 12.6 Å². The third-order valence-corrected chi connectivity index (χ3v) is 3.95. The molecule has 3 atom stereocenters. The van der Waals surface area contributed by atoms with Gasteiger partial charge in [-0.1, -0.05) is 40.5 Å². The number of nitrogens with two attached hydrogens (primary N) is 1. The summed E-state index contributed by atoms with van der Waals surface area (Å²) in [7, 11) is 0. The van der Waals surface area contributed by atoms with Crippen LogP contribution < -0.4 is 11.1 Å². The van der Waals surface area contributed by atoms with E-state index in [9.17, 15) is 4.79 Å². The summed E-state index contributed by atoms with van der Waals surface area (Å²) in [5.74, 6) is 0.723. The van der Waals surface area contributed by atoms with E-state index >= 15 is 0 Å². The van der Waals surface area contributed by atoms with E-state index < -0.39 is 0 Å². The Hall–Kier alpha value is -0.570. The van der Waals surface area contributed by atoms with Gasteiger partial charge in [-0.25, -0.2) is 0 Å².